The van der Waals surface area contributed by atoms with Crippen LogP contribution in [0, 0.1) is 5.92 Å². The SMILES string of the molecule is CN=C(NCc1cccnc1OC1CCCC1)NCC1CCCN(C)C1c1cccs1.I. The summed E-state index contributed by atoms with van der Waals surface area (Å²) in [6.07, 6.45) is 9.37. The summed E-state index contributed by atoms with van der Waals surface area (Å²) in [6, 6.07) is 8.96. The monoisotopic (exact) mass is 569 g/mol. The quantitative estimate of drug-likeness (QED) is 0.284. The minimum atomic E-state index is 0. The Morgan fingerprint density at radius 1 is 1.19 bits per heavy atom. The molecule has 1 aliphatic carbocycles. The molecule has 0 aromatic carbocycles. The van der Waals surface area contributed by atoms with Crippen LogP contribution < -0.4 is 15.4 Å². The van der Waals surface area contributed by atoms with Gasteiger partial charge >= 0.3 is 0 Å². The van der Waals surface area contributed by atoms with Crippen molar-refractivity contribution in [1.29, 1.82) is 0 Å². The van der Waals surface area contributed by atoms with E-state index in [9.17, 15) is 0 Å². The van der Waals surface area contributed by atoms with Crippen LogP contribution in [0.1, 0.15) is 55.0 Å². The van der Waals surface area contributed by atoms with Crippen molar-refractivity contribution in [3.63, 3.8) is 0 Å². The molecule has 2 unspecified atom stereocenters. The maximum Gasteiger partial charge on any atom is 0.218 e. The van der Waals surface area contributed by atoms with Crippen molar-refractivity contribution < 1.29 is 4.74 Å². The number of rotatable bonds is 7. The van der Waals surface area contributed by atoms with Gasteiger partial charge in [0.2, 0.25) is 5.88 Å². The molecule has 0 radical (unpaired) electrons. The van der Waals surface area contributed by atoms with E-state index in [4.69, 9.17) is 4.74 Å². The third-order valence-corrected chi connectivity index (χ3v) is 7.42. The molecule has 2 aromatic heterocycles. The van der Waals surface area contributed by atoms with E-state index in [0.717, 1.165) is 43.3 Å². The summed E-state index contributed by atoms with van der Waals surface area (Å²) >= 11 is 1.86. The average molecular weight is 570 g/mol. The first kappa shape index (κ1) is 25.2. The molecule has 2 N–H and O–H groups in total. The second-order valence-electron chi connectivity index (χ2n) is 8.64. The Morgan fingerprint density at radius 2 is 2.03 bits per heavy atom. The number of nitrogens with one attached hydrogen (secondary N) is 2. The predicted molar refractivity (Wildman–Crippen MR) is 143 cm³/mol. The molecule has 1 saturated carbocycles. The molecule has 0 bridgehead atoms. The van der Waals surface area contributed by atoms with Gasteiger partial charge in [-0.1, -0.05) is 12.1 Å². The van der Waals surface area contributed by atoms with Crippen molar-refractivity contribution in [1.82, 2.24) is 20.5 Å². The molecular formula is C24H36IN5OS. The maximum atomic E-state index is 6.18. The molecule has 8 heteroatoms. The Morgan fingerprint density at radius 3 is 2.78 bits per heavy atom. The maximum absolute atomic E-state index is 6.18. The van der Waals surface area contributed by atoms with E-state index in [-0.39, 0.29) is 24.0 Å². The van der Waals surface area contributed by atoms with Gasteiger partial charge in [-0.15, -0.1) is 35.3 Å². The van der Waals surface area contributed by atoms with Gasteiger partial charge in [0.25, 0.3) is 0 Å². The summed E-state index contributed by atoms with van der Waals surface area (Å²) in [5.41, 5.74) is 1.08. The van der Waals surface area contributed by atoms with Gasteiger partial charge in [-0.05, 0) is 75.5 Å². The number of likely N-dealkylation sites (tertiary alicyclic amines) is 1. The van der Waals surface area contributed by atoms with Crippen molar-refractivity contribution in [3.05, 3.63) is 46.3 Å². The summed E-state index contributed by atoms with van der Waals surface area (Å²) in [5.74, 6) is 2.15. The number of aromatic nitrogens is 1. The molecule has 4 rings (SSSR count). The van der Waals surface area contributed by atoms with Crippen LogP contribution in [0.4, 0.5) is 0 Å². The van der Waals surface area contributed by atoms with Crippen molar-refractivity contribution in [2.45, 2.75) is 57.2 Å². The number of pyridine rings is 1. The summed E-state index contributed by atoms with van der Waals surface area (Å²) in [4.78, 5) is 12.9. The highest BCUT2D eigenvalue weighted by molar-refractivity contribution is 14.0. The topological polar surface area (TPSA) is 61.8 Å². The second-order valence-corrected chi connectivity index (χ2v) is 9.62. The van der Waals surface area contributed by atoms with Crippen LogP contribution in [0.25, 0.3) is 0 Å². The van der Waals surface area contributed by atoms with Crippen molar-refractivity contribution in [3.8, 4) is 5.88 Å². The van der Waals surface area contributed by atoms with Crippen molar-refractivity contribution >= 4 is 41.3 Å². The van der Waals surface area contributed by atoms with Gasteiger partial charge in [0.15, 0.2) is 5.96 Å². The summed E-state index contributed by atoms with van der Waals surface area (Å²) in [7, 11) is 4.08. The fraction of sp³-hybridized carbons (Fsp3) is 0.583. The lowest BCUT2D eigenvalue weighted by molar-refractivity contribution is 0.125. The van der Waals surface area contributed by atoms with Gasteiger partial charge in [-0.25, -0.2) is 4.98 Å². The molecule has 2 aromatic rings. The Kier molecular flexibility index (Phi) is 10.1. The van der Waals surface area contributed by atoms with E-state index < -0.39 is 0 Å². The molecule has 1 saturated heterocycles. The third-order valence-electron chi connectivity index (χ3n) is 6.47. The number of piperidine rings is 1. The molecule has 32 heavy (non-hydrogen) atoms. The fourth-order valence-corrected chi connectivity index (χ4v) is 5.82. The van der Waals surface area contributed by atoms with Crippen LogP contribution in [-0.2, 0) is 6.54 Å². The third kappa shape index (κ3) is 6.57. The van der Waals surface area contributed by atoms with Crippen LogP contribution in [-0.4, -0.2) is 49.1 Å². The molecule has 176 valence electrons. The normalized spacial score (nSPS) is 22.4. The minimum absolute atomic E-state index is 0. The molecular weight excluding hydrogens is 533 g/mol. The Bertz CT molecular complexity index is 841. The fourth-order valence-electron chi connectivity index (χ4n) is 4.84. The number of halogens is 1. The van der Waals surface area contributed by atoms with Gasteiger partial charge in [0.1, 0.15) is 6.10 Å². The highest BCUT2D eigenvalue weighted by Gasteiger charge is 2.31. The Labute approximate surface area is 213 Å². The van der Waals surface area contributed by atoms with Crippen LogP contribution in [0.5, 0.6) is 5.88 Å². The van der Waals surface area contributed by atoms with Gasteiger partial charge in [0, 0.05) is 42.8 Å². The van der Waals surface area contributed by atoms with Crippen LogP contribution in [0.3, 0.4) is 0 Å². The van der Waals surface area contributed by atoms with Crippen molar-refractivity contribution in [2.24, 2.45) is 10.9 Å². The molecule has 0 amide bonds. The van der Waals surface area contributed by atoms with Gasteiger partial charge in [-0.2, -0.15) is 0 Å². The standard InChI is InChI=1S/C24H35N5OS.HI/c1-25-24(27-16-18-9-6-14-29(2)22(18)21-12-7-15-31-21)28-17-19-8-5-13-26-23(19)30-20-10-3-4-11-20;/h5,7-8,12-13,15,18,20,22H,3-4,6,9-11,14,16-17H2,1-2H3,(H2,25,27,28);1H. The van der Waals surface area contributed by atoms with Gasteiger partial charge in [0.05, 0.1) is 0 Å². The minimum Gasteiger partial charge on any atom is -0.474 e. The number of ether oxygens (including phenoxy) is 1. The van der Waals surface area contributed by atoms with E-state index >= 15 is 0 Å². The largest absolute Gasteiger partial charge is 0.474 e. The van der Waals surface area contributed by atoms with Crippen LogP contribution >= 0.6 is 35.3 Å². The number of hydrogen-bond acceptors (Lipinski definition) is 5. The number of aliphatic imine (C=N–C) groups is 1. The molecule has 2 atom stereocenters. The highest BCUT2D eigenvalue weighted by atomic mass is 127. The first-order valence-corrected chi connectivity index (χ1v) is 12.4. The van der Waals surface area contributed by atoms with Crippen LogP contribution in [0.15, 0.2) is 40.8 Å². The van der Waals surface area contributed by atoms with E-state index in [0.29, 0.717) is 24.6 Å². The smallest absolute Gasteiger partial charge is 0.218 e. The van der Waals surface area contributed by atoms with E-state index in [1.807, 2.05) is 30.6 Å². The van der Waals surface area contributed by atoms with E-state index in [1.54, 1.807) is 0 Å². The second kappa shape index (κ2) is 12.7. The summed E-state index contributed by atoms with van der Waals surface area (Å²) < 4.78 is 6.18. The molecule has 3 heterocycles. The van der Waals surface area contributed by atoms with E-state index in [1.165, 1.54) is 30.6 Å². The first-order chi connectivity index (χ1) is 15.2. The summed E-state index contributed by atoms with van der Waals surface area (Å²) in [6.45, 7) is 2.72. The number of hydrogen-bond donors (Lipinski definition) is 2. The highest BCUT2D eigenvalue weighted by Crippen LogP contribution is 2.36. The zero-order valence-electron chi connectivity index (χ0n) is 19.1. The average Bonchev–Trinajstić information content (AvgIpc) is 3.49. The lowest BCUT2D eigenvalue weighted by Gasteiger charge is -2.39. The predicted octanol–water partition coefficient (Wildman–Crippen LogP) is 4.83. The zero-order valence-corrected chi connectivity index (χ0v) is 22.3. The Hall–Kier alpha value is -1.39. The Balaban J connectivity index is 0.00000289. The first-order valence-electron chi connectivity index (χ1n) is 11.5. The lowest BCUT2D eigenvalue weighted by atomic mass is 9.88. The number of guanidine groups is 1. The molecule has 2 aliphatic rings. The molecule has 1 aliphatic heterocycles. The van der Waals surface area contributed by atoms with E-state index in [2.05, 4.69) is 56.1 Å². The number of nitrogens with zero attached hydrogens (tertiary/aromatic N) is 3. The van der Waals surface area contributed by atoms with Gasteiger partial charge < -0.3 is 15.4 Å². The number of thiophene rings is 1. The van der Waals surface area contributed by atoms with Crippen molar-refractivity contribution in [2.75, 3.05) is 27.2 Å². The van der Waals surface area contributed by atoms with Gasteiger partial charge in [-0.3, -0.25) is 9.89 Å². The lowest BCUT2D eigenvalue weighted by Crippen LogP contribution is -2.44. The zero-order chi connectivity index (χ0) is 21.5. The molecule has 0 spiro atoms. The molecule has 2 fully saturated rings. The van der Waals surface area contributed by atoms with Crippen LogP contribution in [0.2, 0.25) is 0 Å². The molecule has 6 nitrogen and oxygen atoms in total. The summed E-state index contributed by atoms with van der Waals surface area (Å²) in [5, 5.41) is 9.21.